The third-order valence-electron chi connectivity index (χ3n) is 4.27. The van der Waals surface area contributed by atoms with Gasteiger partial charge in [-0.05, 0) is 56.5 Å². The maximum Gasteiger partial charge on any atom is 0.251 e. The summed E-state index contributed by atoms with van der Waals surface area (Å²) < 4.78 is 7.55. The molecule has 1 N–H and O–H groups in total. The third kappa shape index (κ3) is 2.86. The molecule has 4 heteroatoms. The normalized spacial score (nSPS) is 14.0. The van der Waals surface area contributed by atoms with E-state index in [1.807, 2.05) is 12.1 Å². The van der Waals surface area contributed by atoms with Gasteiger partial charge in [0.05, 0.1) is 7.11 Å². The SMILES string of the molecule is COc1cccc(C(=O)NCc2cc(C)n(C3CC3)c2C)c1. The molecule has 0 bridgehead atoms. The van der Waals surface area contributed by atoms with E-state index in [-0.39, 0.29) is 5.91 Å². The smallest absolute Gasteiger partial charge is 0.251 e. The minimum Gasteiger partial charge on any atom is -0.497 e. The summed E-state index contributed by atoms with van der Waals surface area (Å²) in [4.78, 5) is 12.3. The number of methoxy groups -OCH3 is 1. The zero-order valence-corrected chi connectivity index (χ0v) is 13.3. The predicted molar refractivity (Wildman–Crippen MR) is 86.3 cm³/mol. The van der Waals surface area contributed by atoms with Gasteiger partial charge in [-0.2, -0.15) is 0 Å². The van der Waals surface area contributed by atoms with Crippen LogP contribution in [0.4, 0.5) is 0 Å². The van der Waals surface area contributed by atoms with Gasteiger partial charge >= 0.3 is 0 Å². The van der Waals surface area contributed by atoms with Crippen molar-refractivity contribution in [2.75, 3.05) is 7.11 Å². The minimum absolute atomic E-state index is 0.0740. The average molecular weight is 298 g/mol. The van der Waals surface area contributed by atoms with E-state index in [1.54, 1.807) is 19.2 Å². The van der Waals surface area contributed by atoms with Crippen LogP contribution >= 0.6 is 0 Å². The fourth-order valence-corrected chi connectivity index (χ4v) is 2.96. The number of aromatic nitrogens is 1. The number of aryl methyl sites for hydroxylation is 1. The summed E-state index contributed by atoms with van der Waals surface area (Å²) in [5.74, 6) is 0.620. The lowest BCUT2D eigenvalue weighted by atomic mass is 10.2. The number of nitrogens with zero attached hydrogens (tertiary/aromatic N) is 1. The van der Waals surface area contributed by atoms with Crippen molar-refractivity contribution in [3.8, 4) is 5.75 Å². The maximum absolute atomic E-state index is 12.3. The number of hydrogen-bond donors (Lipinski definition) is 1. The Balaban J connectivity index is 1.69. The molecule has 0 saturated heterocycles. The van der Waals surface area contributed by atoms with Gasteiger partial charge in [0.15, 0.2) is 0 Å². The van der Waals surface area contributed by atoms with E-state index in [9.17, 15) is 4.79 Å². The maximum atomic E-state index is 12.3. The molecule has 4 nitrogen and oxygen atoms in total. The van der Waals surface area contributed by atoms with E-state index in [4.69, 9.17) is 4.74 Å². The number of amides is 1. The molecule has 0 atom stereocenters. The van der Waals surface area contributed by atoms with Crippen molar-refractivity contribution >= 4 is 5.91 Å². The summed E-state index contributed by atoms with van der Waals surface area (Å²) >= 11 is 0. The topological polar surface area (TPSA) is 43.3 Å². The van der Waals surface area contributed by atoms with Gasteiger partial charge in [0.2, 0.25) is 0 Å². The highest BCUT2D eigenvalue weighted by Gasteiger charge is 2.26. The molecule has 1 aromatic carbocycles. The van der Waals surface area contributed by atoms with Gasteiger partial charge in [0.25, 0.3) is 5.91 Å². The van der Waals surface area contributed by atoms with Crippen LogP contribution in [0.3, 0.4) is 0 Å². The number of nitrogens with one attached hydrogen (secondary N) is 1. The van der Waals surface area contributed by atoms with E-state index < -0.39 is 0 Å². The molecule has 2 aromatic rings. The highest BCUT2D eigenvalue weighted by atomic mass is 16.5. The first kappa shape index (κ1) is 14.7. The molecule has 0 spiro atoms. The Hall–Kier alpha value is -2.23. The largest absolute Gasteiger partial charge is 0.497 e. The van der Waals surface area contributed by atoms with Gasteiger partial charge in [-0.15, -0.1) is 0 Å². The monoisotopic (exact) mass is 298 g/mol. The summed E-state index contributed by atoms with van der Waals surface area (Å²) in [6, 6.07) is 10.1. The first-order chi connectivity index (χ1) is 10.6. The van der Waals surface area contributed by atoms with Crippen molar-refractivity contribution in [2.45, 2.75) is 39.3 Å². The summed E-state index contributed by atoms with van der Waals surface area (Å²) in [6.07, 6.45) is 2.54. The Labute approximate surface area is 131 Å². The van der Waals surface area contributed by atoms with Gasteiger partial charge in [-0.1, -0.05) is 6.07 Å². The predicted octanol–water partition coefficient (Wildman–Crippen LogP) is 3.38. The second kappa shape index (κ2) is 5.87. The van der Waals surface area contributed by atoms with E-state index in [0.29, 0.717) is 23.9 Å². The first-order valence-corrected chi connectivity index (χ1v) is 7.69. The molecule has 1 aliphatic carbocycles. The fourth-order valence-electron chi connectivity index (χ4n) is 2.96. The van der Waals surface area contributed by atoms with Crippen LogP contribution < -0.4 is 10.1 Å². The lowest BCUT2D eigenvalue weighted by Gasteiger charge is -2.09. The van der Waals surface area contributed by atoms with Gasteiger partial charge in [0.1, 0.15) is 5.75 Å². The summed E-state index contributed by atoms with van der Waals surface area (Å²) in [7, 11) is 1.60. The Morgan fingerprint density at radius 2 is 2.09 bits per heavy atom. The fraction of sp³-hybridized carbons (Fsp3) is 0.389. The Bertz CT molecular complexity index is 699. The molecule has 1 saturated carbocycles. The van der Waals surface area contributed by atoms with E-state index in [1.165, 1.54) is 29.8 Å². The van der Waals surface area contributed by atoms with E-state index in [2.05, 4.69) is 29.8 Å². The highest BCUT2D eigenvalue weighted by Crippen LogP contribution is 2.38. The van der Waals surface area contributed by atoms with E-state index in [0.717, 1.165) is 0 Å². The number of hydrogen-bond acceptors (Lipinski definition) is 2. The standard InChI is InChI=1S/C18H22N2O2/c1-12-9-15(13(2)20(12)16-7-8-16)11-19-18(21)14-5-4-6-17(10-14)22-3/h4-6,9-10,16H,7-8,11H2,1-3H3,(H,19,21). The molecule has 1 heterocycles. The average Bonchev–Trinajstić information content (AvgIpc) is 3.31. The van der Waals surface area contributed by atoms with E-state index >= 15 is 0 Å². The van der Waals surface area contributed by atoms with Crippen LogP contribution in [0.5, 0.6) is 5.75 Å². The summed E-state index contributed by atoms with van der Waals surface area (Å²) in [6.45, 7) is 4.83. The molecule has 0 unspecified atom stereocenters. The van der Waals surface area contributed by atoms with Crippen LogP contribution in [0.25, 0.3) is 0 Å². The summed E-state index contributed by atoms with van der Waals surface area (Å²) in [5, 5.41) is 3.00. The van der Waals surface area contributed by atoms with Gasteiger partial charge in [-0.25, -0.2) is 0 Å². The second-order valence-corrected chi connectivity index (χ2v) is 5.91. The van der Waals surface area contributed by atoms with Crippen molar-refractivity contribution < 1.29 is 9.53 Å². The number of carbonyl (C=O) groups is 1. The molecule has 0 radical (unpaired) electrons. The van der Waals surface area contributed by atoms with Crippen LogP contribution in [-0.2, 0) is 6.54 Å². The molecular formula is C18H22N2O2. The number of benzene rings is 1. The molecule has 1 aromatic heterocycles. The number of ether oxygens (including phenoxy) is 1. The number of rotatable bonds is 5. The highest BCUT2D eigenvalue weighted by molar-refractivity contribution is 5.94. The lowest BCUT2D eigenvalue weighted by molar-refractivity contribution is 0.0950. The molecule has 0 aliphatic heterocycles. The van der Waals surface area contributed by atoms with Crippen LogP contribution in [0.2, 0.25) is 0 Å². The minimum atomic E-state index is -0.0740. The molecule has 1 amide bonds. The molecule has 22 heavy (non-hydrogen) atoms. The van der Waals surface area contributed by atoms with Crippen LogP contribution in [0.15, 0.2) is 30.3 Å². The summed E-state index contributed by atoms with van der Waals surface area (Å²) in [5.41, 5.74) is 4.37. The van der Waals surface area contributed by atoms with Crippen molar-refractivity contribution in [2.24, 2.45) is 0 Å². The van der Waals surface area contributed by atoms with Crippen molar-refractivity contribution in [1.82, 2.24) is 9.88 Å². The van der Waals surface area contributed by atoms with Crippen LogP contribution in [-0.4, -0.2) is 17.6 Å². The van der Waals surface area contributed by atoms with Crippen molar-refractivity contribution in [3.05, 3.63) is 52.8 Å². The van der Waals surface area contributed by atoms with Crippen molar-refractivity contribution in [1.29, 1.82) is 0 Å². The molecule has 3 rings (SSSR count). The molecular weight excluding hydrogens is 276 g/mol. The Kier molecular flexibility index (Phi) is 3.92. The molecule has 1 fully saturated rings. The quantitative estimate of drug-likeness (QED) is 0.919. The van der Waals surface area contributed by atoms with Gasteiger partial charge in [-0.3, -0.25) is 4.79 Å². The molecule has 1 aliphatic rings. The first-order valence-electron chi connectivity index (χ1n) is 7.69. The Morgan fingerprint density at radius 1 is 1.32 bits per heavy atom. The number of carbonyl (C=O) groups excluding carboxylic acids is 1. The van der Waals surface area contributed by atoms with Gasteiger partial charge in [0, 0.05) is 29.5 Å². The molecule has 116 valence electrons. The zero-order chi connectivity index (χ0) is 15.7. The lowest BCUT2D eigenvalue weighted by Crippen LogP contribution is -2.23. The third-order valence-corrected chi connectivity index (χ3v) is 4.27. The zero-order valence-electron chi connectivity index (χ0n) is 13.3. The van der Waals surface area contributed by atoms with Crippen molar-refractivity contribution in [3.63, 3.8) is 0 Å². The second-order valence-electron chi connectivity index (χ2n) is 5.91. The van der Waals surface area contributed by atoms with Gasteiger partial charge < -0.3 is 14.6 Å². The van der Waals surface area contributed by atoms with Crippen LogP contribution in [0, 0.1) is 13.8 Å². The van der Waals surface area contributed by atoms with Crippen LogP contribution in [0.1, 0.15) is 46.2 Å². The Morgan fingerprint density at radius 3 is 2.77 bits per heavy atom.